The number of nitrogens with two attached hydrogens (primary N) is 1. The molecule has 1 aliphatic rings. The number of rotatable bonds is 3. The van der Waals surface area contributed by atoms with Crippen molar-refractivity contribution in [3.05, 3.63) is 47.5 Å². The van der Waals surface area contributed by atoms with Crippen LogP contribution in [0.5, 0.6) is 0 Å². The van der Waals surface area contributed by atoms with Crippen LogP contribution in [0.2, 0.25) is 0 Å². The van der Waals surface area contributed by atoms with Gasteiger partial charge in [0.25, 0.3) is 0 Å². The molecule has 1 aromatic heterocycles. The van der Waals surface area contributed by atoms with Gasteiger partial charge in [0, 0.05) is 13.1 Å². The molecule has 23 heavy (non-hydrogen) atoms. The van der Waals surface area contributed by atoms with E-state index < -0.39 is 6.09 Å². The Hall–Kier alpha value is -2.76. The van der Waals surface area contributed by atoms with Crippen LogP contribution in [0, 0.1) is 0 Å². The van der Waals surface area contributed by atoms with Crippen molar-refractivity contribution in [2.75, 3.05) is 29.1 Å². The maximum Gasteiger partial charge on any atom is 0.411 e. The summed E-state index contributed by atoms with van der Waals surface area (Å²) in [6, 6.07) is 12.1. The summed E-state index contributed by atoms with van der Waals surface area (Å²) in [7, 11) is 0. The first-order valence-electron chi connectivity index (χ1n) is 7.69. The van der Waals surface area contributed by atoms with E-state index in [4.69, 9.17) is 10.5 Å². The largest absolute Gasteiger partial charge is 0.450 e. The Morgan fingerprint density at radius 2 is 2.09 bits per heavy atom. The third kappa shape index (κ3) is 3.36. The van der Waals surface area contributed by atoms with Gasteiger partial charge >= 0.3 is 6.09 Å². The highest BCUT2D eigenvalue weighted by atomic mass is 16.5. The first-order valence-corrected chi connectivity index (χ1v) is 7.69. The van der Waals surface area contributed by atoms with Gasteiger partial charge in [0.1, 0.15) is 11.6 Å². The Bertz CT molecular complexity index is 717. The quantitative estimate of drug-likeness (QED) is 0.911. The van der Waals surface area contributed by atoms with Crippen molar-refractivity contribution in [3.8, 4) is 0 Å². The summed E-state index contributed by atoms with van der Waals surface area (Å²) in [5.41, 5.74) is 9.12. The summed E-state index contributed by atoms with van der Waals surface area (Å²) >= 11 is 0. The molecular formula is C17H20N4O2. The minimum atomic E-state index is -0.527. The van der Waals surface area contributed by atoms with Crippen LogP contribution in [-0.4, -0.2) is 24.2 Å². The smallest absolute Gasteiger partial charge is 0.411 e. The number of benzene rings is 1. The van der Waals surface area contributed by atoms with Crippen molar-refractivity contribution in [3.63, 3.8) is 0 Å². The lowest BCUT2D eigenvalue weighted by molar-refractivity contribution is 0.168. The topological polar surface area (TPSA) is 80.5 Å². The number of carbonyl (C=O) groups excluding carboxylic acids is 1. The first kappa shape index (κ1) is 15.1. The standard InChI is InChI=1S/C17H20N4O2/c1-2-23-17(22)19-14-7-8-15(20-16(14)18)21-10-9-12-5-3-4-6-13(12)11-21/h3-8H,2,9-11H2,1H3,(H2,18,20)(H,19,22). The van der Waals surface area contributed by atoms with Crippen molar-refractivity contribution in [2.24, 2.45) is 0 Å². The Labute approximate surface area is 135 Å². The van der Waals surface area contributed by atoms with Crippen LogP contribution in [0.1, 0.15) is 18.1 Å². The average Bonchev–Trinajstić information content (AvgIpc) is 2.56. The Morgan fingerprint density at radius 1 is 1.30 bits per heavy atom. The molecule has 3 rings (SSSR count). The molecule has 0 spiro atoms. The molecule has 1 aliphatic heterocycles. The minimum absolute atomic E-state index is 0.286. The summed E-state index contributed by atoms with van der Waals surface area (Å²) in [5, 5.41) is 2.59. The fourth-order valence-electron chi connectivity index (χ4n) is 2.71. The molecular weight excluding hydrogens is 292 g/mol. The molecule has 0 fully saturated rings. The number of nitrogen functional groups attached to an aromatic ring is 1. The van der Waals surface area contributed by atoms with Crippen LogP contribution in [0.15, 0.2) is 36.4 Å². The van der Waals surface area contributed by atoms with Gasteiger partial charge in [-0.2, -0.15) is 0 Å². The number of carbonyl (C=O) groups is 1. The zero-order valence-electron chi connectivity index (χ0n) is 13.1. The van der Waals surface area contributed by atoms with Gasteiger partial charge in [-0.1, -0.05) is 24.3 Å². The van der Waals surface area contributed by atoms with Gasteiger partial charge in [0.2, 0.25) is 0 Å². The lowest BCUT2D eigenvalue weighted by Gasteiger charge is -2.30. The molecule has 1 amide bonds. The van der Waals surface area contributed by atoms with E-state index in [9.17, 15) is 4.79 Å². The Morgan fingerprint density at radius 3 is 2.83 bits per heavy atom. The van der Waals surface area contributed by atoms with Gasteiger partial charge < -0.3 is 15.4 Å². The van der Waals surface area contributed by atoms with Crippen molar-refractivity contribution in [1.29, 1.82) is 0 Å². The third-order valence-electron chi connectivity index (χ3n) is 3.88. The predicted molar refractivity (Wildman–Crippen MR) is 90.5 cm³/mol. The van der Waals surface area contributed by atoms with E-state index in [1.54, 1.807) is 13.0 Å². The van der Waals surface area contributed by atoms with Crippen LogP contribution in [-0.2, 0) is 17.7 Å². The van der Waals surface area contributed by atoms with E-state index in [1.807, 2.05) is 6.07 Å². The second-order valence-electron chi connectivity index (χ2n) is 5.39. The minimum Gasteiger partial charge on any atom is -0.450 e. The van der Waals surface area contributed by atoms with E-state index in [0.717, 1.165) is 25.3 Å². The lowest BCUT2D eigenvalue weighted by atomic mass is 10.00. The highest BCUT2D eigenvalue weighted by Gasteiger charge is 2.18. The SMILES string of the molecule is CCOC(=O)Nc1ccc(N2CCc3ccccc3C2)nc1N. The van der Waals surface area contributed by atoms with E-state index >= 15 is 0 Å². The van der Waals surface area contributed by atoms with Crippen LogP contribution in [0.25, 0.3) is 0 Å². The summed E-state index contributed by atoms with van der Waals surface area (Å²) in [4.78, 5) is 18.1. The summed E-state index contributed by atoms with van der Waals surface area (Å²) in [6.07, 6.45) is 0.460. The molecule has 120 valence electrons. The number of hydrogen-bond acceptors (Lipinski definition) is 5. The number of nitrogens with one attached hydrogen (secondary N) is 1. The third-order valence-corrected chi connectivity index (χ3v) is 3.88. The van der Waals surface area contributed by atoms with Crippen molar-refractivity contribution >= 4 is 23.4 Å². The predicted octanol–water partition coefficient (Wildman–Crippen LogP) is 2.79. The molecule has 6 nitrogen and oxygen atoms in total. The van der Waals surface area contributed by atoms with Gasteiger partial charge in [-0.25, -0.2) is 9.78 Å². The zero-order chi connectivity index (χ0) is 16.2. The highest BCUT2D eigenvalue weighted by Crippen LogP contribution is 2.26. The summed E-state index contributed by atoms with van der Waals surface area (Å²) in [5.74, 6) is 1.10. The number of nitrogens with zero attached hydrogens (tertiary/aromatic N) is 2. The van der Waals surface area contributed by atoms with Crippen LogP contribution >= 0.6 is 0 Å². The van der Waals surface area contributed by atoms with Gasteiger partial charge in [0.05, 0.1) is 12.3 Å². The van der Waals surface area contributed by atoms with Crippen LogP contribution in [0.3, 0.4) is 0 Å². The molecule has 6 heteroatoms. The van der Waals surface area contributed by atoms with Gasteiger partial charge in [-0.3, -0.25) is 5.32 Å². The molecule has 0 saturated heterocycles. The first-order chi connectivity index (χ1) is 11.2. The molecule has 0 bridgehead atoms. The summed E-state index contributed by atoms with van der Waals surface area (Å²) < 4.78 is 4.84. The fraction of sp³-hybridized carbons (Fsp3) is 0.294. The average molecular weight is 312 g/mol. The highest BCUT2D eigenvalue weighted by molar-refractivity contribution is 5.88. The fourth-order valence-corrected chi connectivity index (χ4v) is 2.71. The summed E-state index contributed by atoms with van der Waals surface area (Å²) in [6.45, 7) is 3.77. The van der Waals surface area contributed by atoms with Gasteiger partial charge in [-0.15, -0.1) is 0 Å². The number of fused-ring (bicyclic) bond motifs is 1. The van der Waals surface area contributed by atoms with Crippen molar-refractivity contribution in [2.45, 2.75) is 19.9 Å². The van der Waals surface area contributed by atoms with E-state index in [2.05, 4.69) is 39.5 Å². The number of ether oxygens (including phenoxy) is 1. The number of amides is 1. The van der Waals surface area contributed by atoms with Gasteiger partial charge in [0.15, 0.2) is 0 Å². The maximum atomic E-state index is 11.5. The van der Waals surface area contributed by atoms with E-state index in [-0.39, 0.29) is 5.82 Å². The van der Waals surface area contributed by atoms with Crippen LogP contribution < -0.4 is 16.0 Å². The second-order valence-corrected chi connectivity index (χ2v) is 5.39. The van der Waals surface area contributed by atoms with Gasteiger partial charge in [-0.05, 0) is 36.6 Å². The normalized spacial score (nSPS) is 13.3. The van der Waals surface area contributed by atoms with Crippen molar-refractivity contribution in [1.82, 2.24) is 4.98 Å². The Kier molecular flexibility index (Phi) is 4.32. The number of pyridine rings is 1. The van der Waals surface area contributed by atoms with E-state index in [1.165, 1.54) is 11.1 Å². The number of hydrogen-bond donors (Lipinski definition) is 2. The lowest BCUT2D eigenvalue weighted by Crippen LogP contribution is -2.31. The Balaban J connectivity index is 1.75. The molecule has 0 aliphatic carbocycles. The maximum absolute atomic E-state index is 11.5. The molecule has 2 aromatic rings. The second kappa shape index (κ2) is 6.56. The monoisotopic (exact) mass is 312 g/mol. The molecule has 0 radical (unpaired) electrons. The van der Waals surface area contributed by atoms with Crippen LogP contribution in [0.4, 0.5) is 22.1 Å². The molecule has 0 unspecified atom stereocenters. The van der Waals surface area contributed by atoms with Crippen molar-refractivity contribution < 1.29 is 9.53 Å². The van der Waals surface area contributed by atoms with E-state index in [0.29, 0.717) is 12.3 Å². The molecule has 0 atom stereocenters. The zero-order valence-corrected chi connectivity index (χ0v) is 13.1. The number of anilines is 3. The number of aromatic nitrogens is 1. The molecule has 1 aromatic carbocycles. The molecule has 2 heterocycles. The molecule has 3 N–H and O–H groups in total. The molecule has 0 saturated carbocycles.